The van der Waals surface area contributed by atoms with Gasteiger partial charge in [-0.3, -0.25) is 9.59 Å². The summed E-state index contributed by atoms with van der Waals surface area (Å²) in [6.07, 6.45) is 1.65. The summed E-state index contributed by atoms with van der Waals surface area (Å²) in [6.45, 7) is 5.38. The SMILES string of the molecule is CCCC(=O)C1=C(OC(=O)CC)CC(CC)OC1=O. The number of Topliss-reactive ketones (excluding diaryl/α,β-unsaturated/α-hetero) is 1. The van der Waals surface area contributed by atoms with Crippen LogP contribution in [0.4, 0.5) is 0 Å². The molecule has 1 rings (SSSR count). The molecule has 0 aromatic heterocycles. The normalized spacial score (nSPS) is 19.1. The molecule has 0 aromatic carbocycles. The number of hydrogen-bond donors (Lipinski definition) is 0. The quantitative estimate of drug-likeness (QED) is 0.546. The van der Waals surface area contributed by atoms with Gasteiger partial charge in [-0.25, -0.2) is 4.79 Å². The smallest absolute Gasteiger partial charge is 0.345 e. The minimum Gasteiger partial charge on any atom is -0.458 e. The van der Waals surface area contributed by atoms with Crippen molar-refractivity contribution in [1.82, 2.24) is 0 Å². The molecule has 0 amide bonds. The average molecular weight is 268 g/mol. The Labute approximate surface area is 112 Å². The Morgan fingerprint density at radius 1 is 1.32 bits per heavy atom. The molecule has 0 radical (unpaired) electrons. The van der Waals surface area contributed by atoms with Crippen molar-refractivity contribution in [2.75, 3.05) is 0 Å². The Kier molecular flexibility index (Phi) is 5.73. The summed E-state index contributed by atoms with van der Waals surface area (Å²) < 4.78 is 10.3. The summed E-state index contributed by atoms with van der Waals surface area (Å²) in [6, 6.07) is 0. The second kappa shape index (κ2) is 7.07. The first kappa shape index (κ1) is 15.4. The molecule has 0 aromatic rings. The van der Waals surface area contributed by atoms with Gasteiger partial charge in [0.25, 0.3) is 0 Å². The number of cyclic esters (lactones) is 1. The number of hydrogen-bond acceptors (Lipinski definition) is 5. The van der Waals surface area contributed by atoms with E-state index in [1.807, 2.05) is 13.8 Å². The molecule has 0 bridgehead atoms. The average Bonchev–Trinajstić information content (AvgIpc) is 2.38. The zero-order valence-corrected chi connectivity index (χ0v) is 11.7. The van der Waals surface area contributed by atoms with Crippen molar-refractivity contribution in [2.45, 2.75) is 59.0 Å². The lowest BCUT2D eigenvalue weighted by molar-refractivity contribution is -0.150. The Morgan fingerprint density at radius 2 is 2.00 bits per heavy atom. The summed E-state index contributed by atoms with van der Waals surface area (Å²) >= 11 is 0. The van der Waals surface area contributed by atoms with Gasteiger partial charge in [-0.15, -0.1) is 0 Å². The van der Waals surface area contributed by atoms with Crippen LogP contribution < -0.4 is 0 Å². The lowest BCUT2D eigenvalue weighted by Crippen LogP contribution is -2.31. The highest BCUT2D eigenvalue weighted by molar-refractivity contribution is 6.18. The number of rotatable bonds is 6. The predicted octanol–water partition coefficient (Wildman–Crippen LogP) is 2.29. The largest absolute Gasteiger partial charge is 0.458 e. The number of ketones is 1. The highest BCUT2D eigenvalue weighted by Crippen LogP contribution is 2.26. The summed E-state index contributed by atoms with van der Waals surface area (Å²) in [5, 5.41) is 0. The number of ether oxygens (including phenoxy) is 2. The topological polar surface area (TPSA) is 69.7 Å². The van der Waals surface area contributed by atoms with E-state index in [0.29, 0.717) is 19.3 Å². The number of carbonyl (C=O) groups excluding carboxylic acids is 3. The highest BCUT2D eigenvalue weighted by atomic mass is 16.6. The van der Waals surface area contributed by atoms with Gasteiger partial charge in [-0.05, 0) is 12.8 Å². The summed E-state index contributed by atoms with van der Waals surface area (Å²) in [5.74, 6) is -1.26. The molecule has 19 heavy (non-hydrogen) atoms. The monoisotopic (exact) mass is 268 g/mol. The van der Waals surface area contributed by atoms with Gasteiger partial charge in [0.05, 0.1) is 0 Å². The molecule has 0 spiro atoms. The molecule has 0 N–H and O–H groups in total. The van der Waals surface area contributed by atoms with Crippen molar-refractivity contribution in [3.63, 3.8) is 0 Å². The number of esters is 2. The van der Waals surface area contributed by atoms with Crippen LogP contribution in [0.25, 0.3) is 0 Å². The molecule has 1 unspecified atom stereocenters. The first-order chi connectivity index (χ1) is 9.03. The van der Waals surface area contributed by atoms with Crippen molar-refractivity contribution in [2.24, 2.45) is 0 Å². The fraction of sp³-hybridized carbons (Fsp3) is 0.643. The van der Waals surface area contributed by atoms with Gasteiger partial charge >= 0.3 is 11.9 Å². The van der Waals surface area contributed by atoms with Crippen molar-refractivity contribution in [3.05, 3.63) is 11.3 Å². The maximum Gasteiger partial charge on any atom is 0.345 e. The van der Waals surface area contributed by atoms with E-state index >= 15 is 0 Å². The van der Waals surface area contributed by atoms with E-state index in [1.54, 1.807) is 6.92 Å². The summed E-state index contributed by atoms with van der Waals surface area (Å²) in [5.41, 5.74) is -0.0895. The second-order valence-electron chi connectivity index (χ2n) is 4.44. The Hall–Kier alpha value is -1.65. The van der Waals surface area contributed by atoms with E-state index in [9.17, 15) is 14.4 Å². The Balaban J connectivity index is 3.06. The van der Waals surface area contributed by atoms with Crippen LogP contribution in [0.3, 0.4) is 0 Å². The molecule has 5 nitrogen and oxygen atoms in total. The molecule has 1 aliphatic rings. The molecular formula is C14H20O5. The van der Waals surface area contributed by atoms with Crippen LogP contribution in [0.1, 0.15) is 52.9 Å². The predicted molar refractivity (Wildman–Crippen MR) is 68.1 cm³/mol. The minimum atomic E-state index is -0.671. The van der Waals surface area contributed by atoms with Gasteiger partial charge < -0.3 is 9.47 Å². The lowest BCUT2D eigenvalue weighted by Gasteiger charge is -2.25. The van der Waals surface area contributed by atoms with Gasteiger partial charge in [0.15, 0.2) is 5.78 Å². The molecule has 1 heterocycles. The molecule has 0 aliphatic carbocycles. The second-order valence-corrected chi connectivity index (χ2v) is 4.44. The summed E-state index contributed by atoms with van der Waals surface area (Å²) in [4.78, 5) is 35.2. The Bertz CT molecular complexity index is 408. The van der Waals surface area contributed by atoms with Crippen LogP contribution >= 0.6 is 0 Å². The van der Waals surface area contributed by atoms with Crippen molar-refractivity contribution < 1.29 is 23.9 Å². The third kappa shape index (κ3) is 3.91. The number of carbonyl (C=O) groups is 3. The van der Waals surface area contributed by atoms with Crippen molar-refractivity contribution >= 4 is 17.7 Å². The standard InChI is InChI=1S/C14H20O5/c1-4-7-10(15)13-11(19-12(16)6-3)8-9(5-2)18-14(13)17/h9H,4-8H2,1-3H3. The van der Waals surface area contributed by atoms with Gasteiger partial charge in [0.2, 0.25) is 0 Å². The van der Waals surface area contributed by atoms with Crippen molar-refractivity contribution in [3.8, 4) is 0 Å². The first-order valence-electron chi connectivity index (χ1n) is 6.71. The van der Waals surface area contributed by atoms with Gasteiger partial charge in [0, 0.05) is 19.3 Å². The van der Waals surface area contributed by atoms with Crippen LogP contribution in [0.15, 0.2) is 11.3 Å². The van der Waals surface area contributed by atoms with E-state index in [-0.39, 0.29) is 36.1 Å². The van der Waals surface area contributed by atoms with Crippen LogP contribution in [0.5, 0.6) is 0 Å². The molecule has 1 aliphatic heterocycles. The van der Waals surface area contributed by atoms with E-state index in [0.717, 1.165) is 0 Å². The van der Waals surface area contributed by atoms with Crippen molar-refractivity contribution in [1.29, 1.82) is 0 Å². The van der Waals surface area contributed by atoms with E-state index < -0.39 is 11.9 Å². The van der Waals surface area contributed by atoms with Crippen LogP contribution in [0.2, 0.25) is 0 Å². The molecule has 0 saturated carbocycles. The van der Waals surface area contributed by atoms with E-state index in [4.69, 9.17) is 9.47 Å². The maximum absolute atomic E-state index is 11.9. The van der Waals surface area contributed by atoms with Crippen LogP contribution in [-0.4, -0.2) is 23.8 Å². The van der Waals surface area contributed by atoms with Crippen LogP contribution in [0, 0.1) is 0 Å². The van der Waals surface area contributed by atoms with Gasteiger partial charge in [0.1, 0.15) is 17.4 Å². The fourth-order valence-corrected chi connectivity index (χ4v) is 1.83. The first-order valence-corrected chi connectivity index (χ1v) is 6.71. The Morgan fingerprint density at radius 3 is 2.53 bits per heavy atom. The molecule has 0 fully saturated rings. The highest BCUT2D eigenvalue weighted by Gasteiger charge is 2.34. The van der Waals surface area contributed by atoms with E-state index in [2.05, 4.69) is 0 Å². The molecule has 1 atom stereocenters. The third-order valence-corrected chi connectivity index (χ3v) is 2.91. The molecule has 106 valence electrons. The molecular weight excluding hydrogens is 248 g/mol. The third-order valence-electron chi connectivity index (χ3n) is 2.91. The minimum absolute atomic E-state index is 0.0895. The van der Waals surface area contributed by atoms with Crippen LogP contribution in [-0.2, 0) is 23.9 Å². The zero-order chi connectivity index (χ0) is 14.4. The van der Waals surface area contributed by atoms with E-state index in [1.165, 1.54) is 0 Å². The molecule has 0 saturated heterocycles. The molecule has 5 heteroatoms. The van der Waals surface area contributed by atoms with Gasteiger partial charge in [-0.1, -0.05) is 20.8 Å². The van der Waals surface area contributed by atoms with Gasteiger partial charge in [-0.2, -0.15) is 0 Å². The summed E-state index contributed by atoms with van der Waals surface area (Å²) in [7, 11) is 0. The maximum atomic E-state index is 11.9. The lowest BCUT2D eigenvalue weighted by atomic mass is 9.99. The zero-order valence-electron chi connectivity index (χ0n) is 11.7. The fourth-order valence-electron chi connectivity index (χ4n) is 1.83.